The van der Waals surface area contributed by atoms with Gasteiger partial charge in [-0.15, -0.1) is 11.3 Å². The van der Waals surface area contributed by atoms with Crippen molar-refractivity contribution in [2.75, 3.05) is 6.54 Å². The number of aryl methyl sites for hydroxylation is 1. The number of carbonyl (C=O) groups excluding carboxylic acids is 1. The van der Waals surface area contributed by atoms with E-state index in [1.807, 2.05) is 0 Å². The molecule has 7 heteroatoms. The van der Waals surface area contributed by atoms with Crippen LogP contribution in [0.25, 0.3) is 0 Å². The summed E-state index contributed by atoms with van der Waals surface area (Å²) in [4.78, 5) is 12.8. The van der Waals surface area contributed by atoms with Crippen molar-refractivity contribution in [1.82, 2.24) is 5.32 Å². The Labute approximate surface area is 118 Å². The molecule has 1 amide bonds. The monoisotopic (exact) mass is 302 g/mol. The van der Waals surface area contributed by atoms with E-state index in [4.69, 9.17) is 5.73 Å². The van der Waals surface area contributed by atoms with E-state index in [2.05, 4.69) is 17.2 Å². The molecule has 3 N–H and O–H groups in total. The molecule has 1 aliphatic carbocycles. The summed E-state index contributed by atoms with van der Waals surface area (Å²) in [7, 11) is 0. The number of halogens is 3. The molecule has 1 fully saturated rings. The topological polar surface area (TPSA) is 55.1 Å². The smallest absolute Gasteiger partial charge is 0.337 e. The number of hydrogen-bond donors (Lipinski definition) is 2. The first-order valence-corrected chi connectivity index (χ1v) is 6.79. The first-order valence-electron chi connectivity index (χ1n) is 5.98. The minimum absolute atomic E-state index is 0.0631. The Balaban J connectivity index is 2.15. The lowest BCUT2D eigenvalue weighted by molar-refractivity contribution is -0.163. The Morgan fingerprint density at radius 3 is 2.70 bits per heavy atom. The van der Waals surface area contributed by atoms with Gasteiger partial charge in [0.25, 0.3) is 5.91 Å². The molecule has 0 aromatic carbocycles. The van der Waals surface area contributed by atoms with Gasteiger partial charge in [0.2, 0.25) is 0 Å². The van der Waals surface area contributed by atoms with Gasteiger partial charge < -0.3 is 11.1 Å². The summed E-state index contributed by atoms with van der Waals surface area (Å²) in [5, 5.41) is 2.09. The normalized spacial score (nSPS) is 16.2. The van der Waals surface area contributed by atoms with Gasteiger partial charge in [0, 0.05) is 0 Å². The van der Waals surface area contributed by atoms with Crippen LogP contribution in [-0.4, -0.2) is 24.2 Å². The lowest BCUT2D eigenvalue weighted by Gasteiger charge is -2.20. The van der Waals surface area contributed by atoms with Gasteiger partial charge in [-0.05, 0) is 31.4 Å². The van der Waals surface area contributed by atoms with E-state index in [-0.39, 0.29) is 24.3 Å². The maximum Gasteiger partial charge on any atom is 0.411 e. The maximum atomic E-state index is 12.8. The molecule has 20 heavy (non-hydrogen) atoms. The Morgan fingerprint density at radius 1 is 1.55 bits per heavy atom. The Hall–Kier alpha value is -1.52. The van der Waals surface area contributed by atoms with Crippen LogP contribution in [-0.2, 0) is 0 Å². The fourth-order valence-electron chi connectivity index (χ4n) is 1.73. The van der Waals surface area contributed by atoms with Crippen LogP contribution >= 0.6 is 11.3 Å². The SMILES string of the molecule is Cc1cc(C(=O)NC2(C(F)(F)F)CC2)sc1C#CCN. The summed E-state index contributed by atoms with van der Waals surface area (Å²) in [6.07, 6.45) is -4.53. The molecule has 1 aliphatic rings. The highest BCUT2D eigenvalue weighted by Crippen LogP contribution is 2.49. The fourth-order valence-corrected chi connectivity index (χ4v) is 2.68. The second kappa shape index (κ2) is 5.11. The zero-order chi connectivity index (χ0) is 15.0. The summed E-state index contributed by atoms with van der Waals surface area (Å²) >= 11 is 1.08. The minimum atomic E-state index is -4.41. The molecule has 1 saturated carbocycles. The number of rotatable bonds is 2. The molecule has 2 rings (SSSR count). The molecule has 1 aromatic heterocycles. The highest BCUT2D eigenvalue weighted by Gasteiger charge is 2.64. The summed E-state index contributed by atoms with van der Waals surface area (Å²) < 4.78 is 38.3. The maximum absolute atomic E-state index is 12.8. The van der Waals surface area contributed by atoms with Gasteiger partial charge in [-0.3, -0.25) is 4.79 Å². The second-order valence-corrected chi connectivity index (χ2v) is 5.71. The molecular weight excluding hydrogens is 289 g/mol. The van der Waals surface area contributed by atoms with Gasteiger partial charge in [0.15, 0.2) is 0 Å². The molecule has 0 unspecified atom stereocenters. The first-order chi connectivity index (χ1) is 9.29. The minimum Gasteiger partial charge on any atom is -0.337 e. The molecular formula is C13H13F3N2OS. The molecule has 0 aliphatic heterocycles. The largest absolute Gasteiger partial charge is 0.411 e. The van der Waals surface area contributed by atoms with Crippen molar-refractivity contribution < 1.29 is 18.0 Å². The molecule has 0 atom stereocenters. The van der Waals surface area contributed by atoms with Crippen LogP contribution in [0.1, 0.15) is 33.0 Å². The van der Waals surface area contributed by atoms with Crippen molar-refractivity contribution in [2.45, 2.75) is 31.5 Å². The van der Waals surface area contributed by atoms with Crippen molar-refractivity contribution in [1.29, 1.82) is 0 Å². The summed E-state index contributed by atoms with van der Waals surface area (Å²) in [5.74, 6) is 4.76. The van der Waals surface area contributed by atoms with Gasteiger partial charge in [-0.25, -0.2) is 0 Å². The number of nitrogens with one attached hydrogen (secondary N) is 1. The third kappa shape index (κ3) is 2.81. The van der Waals surface area contributed by atoms with Gasteiger partial charge in [0.05, 0.1) is 16.3 Å². The molecule has 0 radical (unpaired) electrons. The van der Waals surface area contributed by atoms with Crippen LogP contribution in [0, 0.1) is 18.8 Å². The predicted molar refractivity (Wildman–Crippen MR) is 70.5 cm³/mol. The number of carbonyl (C=O) groups is 1. The van der Waals surface area contributed by atoms with Crippen molar-refractivity contribution >= 4 is 17.2 Å². The standard InChI is InChI=1S/C13H13F3N2OS/c1-8-7-10(20-9(8)3-2-6-17)11(19)18-12(4-5-12)13(14,15)16/h7H,4-6,17H2,1H3,(H,18,19). The number of nitrogens with two attached hydrogens (primary N) is 1. The molecule has 0 bridgehead atoms. The molecule has 0 saturated heterocycles. The van der Waals surface area contributed by atoms with Crippen molar-refractivity contribution in [2.24, 2.45) is 5.73 Å². The summed E-state index contributed by atoms with van der Waals surface area (Å²) in [6.45, 7) is 1.94. The van der Waals surface area contributed by atoms with E-state index in [9.17, 15) is 18.0 Å². The Kier molecular flexibility index (Phi) is 3.80. The highest BCUT2D eigenvalue weighted by atomic mass is 32.1. The van der Waals surface area contributed by atoms with Crippen molar-refractivity contribution in [3.05, 3.63) is 21.4 Å². The number of alkyl halides is 3. The van der Waals surface area contributed by atoms with Crippen LogP contribution in [0.5, 0.6) is 0 Å². The summed E-state index contributed by atoms with van der Waals surface area (Å²) in [5.41, 5.74) is 3.98. The Morgan fingerprint density at radius 2 is 2.20 bits per heavy atom. The average molecular weight is 302 g/mol. The quantitative estimate of drug-likeness (QED) is 0.823. The molecule has 0 spiro atoms. The second-order valence-electron chi connectivity index (χ2n) is 4.66. The third-order valence-electron chi connectivity index (χ3n) is 3.09. The zero-order valence-corrected chi connectivity index (χ0v) is 11.5. The van der Waals surface area contributed by atoms with Crippen LogP contribution in [0.15, 0.2) is 6.07 Å². The number of amides is 1. The van der Waals surface area contributed by atoms with Crippen LogP contribution < -0.4 is 11.1 Å². The van der Waals surface area contributed by atoms with Gasteiger partial charge in [-0.2, -0.15) is 13.2 Å². The number of thiophene rings is 1. The molecule has 108 valence electrons. The van der Waals surface area contributed by atoms with E-state index in [1.54, 1.807) is 13.0 Å². The first kappa shape index (κ1) is 14.9. The summed E-state index contributed by atoms with van der Waals surface area (Å²) in [6, 6.07) is 1.55. The van der Waals surface area contributed by atoms with Crippen molar-refractivity contribution in [3.8, 4) is 11.8 Å². The molecule has 3 nitrogen and oxygen atoms in total. The lowest BCUT2D eigenvalue weighted by atomic mass is 10.2. The zero-order valence-electron chi connectivity index (χ0n) is 10.7. The van der Waals surface area contributed by atoms with E-state index in [1.165, 1.54) is 0 Å². The fraction of sp³-hybridized carbons (Fsp3) is 0.462. The van der Waals surface area contributed by atoms with Crippen LogP contribution in [0.3, 0.4) is 0 Å². The van der Waals surface area contributed by atoms with Gasteiger partial charge in [-0.1, -0.05) is 11.8 Å². The number of hydrogen-bond acceptors (Lipinski definition) is 3. The van der Waals surface area contributed by atoms with E-state index >= 15 is 0 Å². The van der Waals surface area contributed by atoms with E-state index in [0.29, 0.717) is 4.88 Å². The predicted octanol–water partition coefficient (Wildman–Crippen LogP) is 2.19. The Bertz CT molecular complexity index is 591. The van der Waals surface area contributed by atoms with Gasteiger partial charge in [0.1, 0.15) is 5.54 Å². The highest BCUT2D eigenvalue weighted by molar-refractivity contribution is 7.14. The van der Waals surface area contributed by atoms with Crippen molar-refractivity contribution in [3.63, 3.8) is 0 Å². The lowest BCUT2D eigenvalue weighted by Crippen LogP contribution is -2.47. The van der Waals surface area contributed by atoms with Gasteiger partial charge >= 0.3 is 6.18 Å². The van der Waals surface area contributed by atoms with Crippen LogP contribution in [0.2, 0.25) is 0 Å². The van der Waals surface area contributed by atoms with E-state index in [0.717, 1.165) is 16.9 Å². The van der Waals surface area contributed by atoms with Crippen LogP contribution in [0.4, 0.5) is 13.2 Å². The molecule has 1 aromatic rings. The third-order valence-corrected chi connectivity index (χ3v) is 4.24. The van der Waals surface area contributed by atoms with E-state index < -0.39 is 17.6 Å². The molecule has 1 heterocycles. The average Bonchev–Trinajstić information content (AvgIpc) is 3.04.